The molecule has 0 aliphatic rings. The minimum Gasteiger partial charge on any atom is -0.508 e. The third-order valence-electron chi connectivity index (χ3n) is 5.41. The van der Waals surface area contributed by atoms with E-state index in [1.807, 2.05) is 24.3 Å². The zero-order valence-corrected chi connectivity index (χ0v) is 23.0. The van der Waals surface area contributed by atoms with Crippen molar-refractivity contribution < 1.29 is 9.84 Å². The molecular weight excluding hydrogens is 528 g/mol. The highest BCUT2D eigenvalue weighted by Crippen LogP contribution is 2.17. The van der Waals surface area contributed by atoms with Crippen molar-refractivity contribution in [3.8, 4) is 11.5 Å². The number of halogens is 2. The normalized spacial score (nSPS) is 10.5. The van der Waals surface area contributed by atoms with Gasteiger partial charge in [-0.05, 0) is 55.0 Å². The standard InChI is InChI=1S/C22H37BrO.C6H5BrO/c1-2-3-4-5-6-7-8-9-10-11-12-13-14-15-20-24-22-18-16-21(23)17-19-22;7-5-1-3-6(8)4-2-5/h16-19H,2-15,20H2,1H3;1-4,8H. The van der Waals surface area contributed by atoms with Gasteiger partial charge >= 0.3 is 0 Å². The van der Waals surface area contributed by atoms with Crippen LogP contribution in [0.25, 0.3) is 0 Å². The Labute approximate surface area is 213 Å². The summed E-state index contributed by atoms with van der Waals surface area (Å²) in [6, 6.07) is 14.9. The van der Waals surface area contributed by atoms with Gasteiger partial charge in [-0.25, -0.2) is 0 Å². The molecule has 0 aliphatic carbocycles. The molecule has 0 heterocycles. The lowest BCUT2D eigenvalue weighted by Gasteiger charge is -2.06. The molecule has 2 aromatic carbocycles. The molecule has 0 saturated heterocycles. The fourth-order valence-corrected chi connectivity index (χ4v) is 3.99. The highest BCUT2D eigenvalue weighted by molar-refractivity contribution is 9.10. The van der Waals surface area contributed by atoms with Crippen LogP contribution < -0.4 is 4.74 Å². The van der Waals surface area contributed by atoms with Gasteiger partial charge in [-0.2, -0.15) is 0 Å². The third-order valence-corrected chi connectivity index (χ3v) is 6.46. The van der Waals surface area contributed by atoms with Crippen LogP contribution in [-0.2, 0) is 0 Å². The Kier molecular flexibility index (Phi) is 18.7. The van der Waals surface area contributed by atoms with Gasteiger partial charge in [0.1, 0.15) is 11.5 Å². The van der Waals surface area contributed by atoms with Crippen molar-refractivity contribution in [3.63, 3.8) is 0 Å². The second-order valence-electron chi connectivity index (χ2n) is 8.37. The van der Waals surface area contributed by atoms with E-state index in [4.69, 9.17) is 9.84 Å². The molecule has 0 fully saturated rings. The van der Waals surface area contributed by atoms with Gasteiger partial charge in [0.25, 0.3) is 0 Å². The molecule has 2 aromatic rings. The van der Waals surface area contributed by atoms with E-state index >= 15 is 0 Å². The van der Waals surface area contributed by atoms with Crippen LogP contribution in [0.4, 0.5) is 0 Å². The Bertz CT molecular complexity index is 635. The van der Waals surface area contributed by atoms with E-state index in [-0.39, 0.29) is 0 Å². The number of unbranched alkanes of at least 4 members (excludes halogenated alkanes) is 13. The first-order chi connectivity index (χ1) is 15.6. The molecule has 32 heavy (non-hydrogen) atoms. The topological polar surface area (TPSA) is 29.5 Å². The summed E-state index contributed by atoms with van der Waals surface area (Å²) in [7, 11) is 0. The Hall–Kier alpha value is -1.00. The van der Waals surface area contributed by atoms with Gasteiger partial charge in [-0.3, -0.25) is 0 Å². The maximum Gasteiger partial charge on any atom is 0.119 e. The molecule has 4 heteroatoms. The van der Waals surface area contributed by atoms with E-state index in [1.54, 1.807) is 24.3 Å². The predicted molar refractivity (Wildman–Crippen MR) is 146 cm³/mol. The van der Waals surface area contributed by atoms with Crippen molar-refractivity contribution in [1.29, 1.82) is 0 Å². The second kappa shape index (κ2) is 20.6. The van der Waals surface area contributed by atoms with Crippen molar-refractivity contribution in [3.05, 3.63) is 57.5 Å². The number of aromatic hydroxyl groups is 1. The molecule has 2 rings (SSSR count). The number of phenolic OH excluding ortho intramolecular Hbond substituents is 1. The summed E-state index contributed by atoms with van der Waals surface area (Å²) in [6.45, 7) is 3.13. The molecule has 0 radical (unpaired) electrons. The molecule has 0 aliphatic heterocycles. The quantitative estimate of drug-likeness (QED) is 0.204. The SMILES string of the molecule is CCCCCCCCCCCCCCCCOc1ccc(Br)cc1.Oc1ccc(Br)cc1. The fraction of sp³-hybridized carbons (Fsp3) is 0.571. The van der Waals surface area contributed by atoms with E-state index in [1.165, 1.54) is 89.9 Å². The van der Waals surface area contributed by atoms with Crippen molar-refractivity contribution in [1.82, 2.24) is 0 Å². The minimum absolute atomic E-state index is 0.299. The van der Waals surface area contributed by atoms with Crippen LogP contribution in [0, 0.1) is 0 Å². The first-order valence-corrected chi connectivity index (χ1v) is 14.0. The molecule has 0 saturated carbocycles. The van der Waals surface area contributed by atoms with Gasteiger partial charge < -0.3 is 9.84 Å². The lowest BCUT2D eigenvalue weighted by Crippen LogP contribution is -1.97. The van der Waals surface area contributed by atoms with Crippen LogP contribution in [-0.4, -0.2) is 11.7 Å². The van der Waals surface area contributed by atoms with Crippen LogP contribution in [0.15, 0.2) is 57.5 Å². The largest absolute Gasteiger partial charge is 0.508 e. The minimum atomic E-state index is 0.299. The summed E-state index contributed by atoms with van der Waals surface area (Å²) < 4.78 is 7.83. The summed E-state index contributed by atoms with van der Waals surface area (Å²) in [6.07, 6.45) is 19.6. The zero-order chi connectivity index (χ0) is 23.3. The molecule has 1 N–H and O–H groups in total. The van der Waals surface area contributed by atoms with Crippen molar-refractivity contribution >= 4 is 31.9 Å². The van der Waals surface area contributed by atoms with E-state index in [2.05, 4.69) is 38.8 Å². The maximum absolute atomic E-state index is 8.74. The van der Waals surface area contributed by atoms with Gasteiger partial charge in [0.15, 0.2) is 0 Å². The van der Waals surface area contributed by atoms with Crippen LogP contribution >= 0.6 is 31.9 Å². The molecule has 180 valence electrons. The number of hydrogen-bond donors (Lipinski definition) is 1. The van der Waals surface area contributed by atoms with Crippen LogP contribution in [0.2, 0.25) is 0 Å². The van der Waals surface area contributed by atoms with Gasteiger partial charge in [0.2, 0.25) is 0 Å². The smallest absolute Gasteiger partial charge is 0.119 e. The fourth-order valence-electron chi connectivity index (χ4n) is 3.46. The first-order valence-electron chi connectivity index (χ1n) is 12.4. The zero-order valence-electron chi connectivity index (χ0n) is 19.8. The van der Waals surface area contributed by atoms with Gasteiger partial charge in [0, 0.05) is 8.95 Å². The Balaban J connectivity index is 0.000000533. The van der Waals surface area contributed by atoms with Crippen LogP contribution in [0.3, 0.4) is 0 Å². The summed E-state index contributed by atoms with van der Waals surface area (Å²) >= 11 is 6.67. The molecule has 0 spiro atoms. The Morgan fingerprint density at radius 2 is 0.938 bits per heavy atom. The maximum atomic E-state index is 8.74. The second-order valence-corrected chi connectivity index (χ2v) is 10.2. The van der Waals surface area contributed by atoms with Crippen LogP contribution in [0.5, 0.6) is 11.5 Å². The average molecular weight is 570 g/mol. The van der Waals surface area contributed by atoms with E-state index in [9.17, 15) is 0 Å². The van der Waals surface area contributed by atoms with Crippen molar-refractivity contribution in [2.45, 2.75) is 96.8 Å². The molecule has 0 aromatic heterocycles. The molecular formula is C28H42Br2O2. The molecule has 2 nitrogen and oxygen atoms in total. The van der Waals surface area contributed by atoms with E-state index in [0.717, 1.165) is 21.3 Å². The van der Waals surface area contributed by atoms with Crippen molar-refractivity contribution in [2.24, 2.45) is 0 Å². The van der Waals surface area contributed by atoms with E-state index in [0.29, 0.717) is 5.75 Å². The lowest BCUT2D eigenvalue weighted by atomic mass is 10.0. The predicted octanol–water partition coefficient (Wildman–Crippen LogP) is 10.5. The van der Waals surface area contributed by atoms with Crippen molar-refractivity contribution in [2.75, 3.05) is 6.61 Å². The monoisotopic (exact) mass is 568 g/mol. The lowest BCUT2D eigenvalue weighted by molar-refractivity contribution is 0.304. The summed E-state index contributed by atoms with van der Waals surface area (Å²) in [4.78, 5) is 0. The summed E-state index contributed by atoms with van der Waals surface area (Å²) in [5.41, 5.74) is 0. The highest BCUT2D eigenvalue weighted by atomic mass is 79.9. The molecule has 0 unspecified atom stereocenters. The number of phenols is 1. The number of hydrogen-bond acceptors (Lipinski definition) is 2. The Morgan fingerprint density at radius 3 is 1.34 bits per heavy atom. The Morgan fingerprint density at radius 1 is 0.562 bits per heavy atom. The van der Waals surface area contributed by atoms with Gasteiger partial charge in [0.05, 0.1) is 6.61 Å². The van der Waals surface area contributed by atoms with Gasteiger partial charge in [-0.1, -0.05) is 122 Å². The van der Waals surface area contributed by atoms with Crippen LogP contribution in [0.1, 0.15) is 96.8 Å². The third kappa shape index (κ3) is 17.5. The molecule has 0 bridgehead atoms. The first kappa shape index (κ1) is 29.0. The number of rotatable bonds is 16. The average Bonchev–Trinajstić information content (AvgIpc) is 2.80. The number of ether oxygens (including phenoxy) is 1. The number of benzene rings is 2. The highest BCUT2D eigenvalue weighted by Gasteiger charge is 1.96. The molecule has 0 amide bonds. The van der Waals surface area contributed by atoms with E-state index < -0.39 is 0 Å². The molecule has 0 atom stereocenters. The summed E-state index contributed by atoms with van der Waals surface area (Å²) in [5, 5.41) is 8.74. The summed E-state index contributed by atoms with van der Waals surface area (Å²) in [5.74, 6) is 1.28. The van der Waals surface area contributed by atoms with Gasteiger partial charge in [-0.15, -0.1) is 0 Å².